The Morgan fingerprint density at radius 2 is 2.21 bits per heavy atom. The smallest absolute Gasteiger partial charge is 0.270 e. The molecule has 0 aliphatic carbocycles. The van der Waals surface area contributed by atoms with Crippen LogP contribution in [0.2, 0.25) is 0 Å². The SMILES string of the molecule is Cc1ccc2ncc(C(=O)NCc3cn4ccsc4n3)c(=O)n2c1. The van der Waals surface area contributed by atoms with Gasteiger partial charge in [-0.2, -0.15) is 0 Å². The number of thiazole rings is 1. The van der Waals surface area contributed by atoms with E-state index in [9.17, 15) is 9.59 Å². The summed E-state index contributed by atoms with van der Waals surface area (Å²) in [5.74, 6) is -0.459. The van der Waals surface area contributed by atoms with Gasteiger partial charge in [0.2, 0.25) is 0 Å². The van der Waals surface area contributed by atoms with E-state index in [1.807, 2.05) is 35.2 Å². The molecule has 0 aliphatic heterocycles. The second-order valence-electron chi connectivity index (χ2n) is 5.42. The third kappa shape index (κ3) is 2.46. The molecule has 0 aliphatic rings. The summed E-state index contributed by atoms with van der Waals surface area (Å²) in [6.45, 7) is 2.13. The van der Waals surface area contributed by atoms with Gasteiger partial charge in [-0.1, -0.05) is 6.07 Å². The Hall–Kier alpha value is -3.00. The van der Waals surface area contributed by atoms with E-state index in [-0.39, 0.29) is 17.7 Å². The molecule has 0 saturated heterocycles. The third-order valence-corrected chi connectivity index (χ3v) is 4.44. The lowest BCUT2D eigenvalue weighted by atomic mass is 10.2. The van der Waals surface area contributed by atoms with Gasteiger partial charge in [-0.05, 0) is 18.6 Å². The van der Waals surface area contributed by atoms with Crippen LogP contribution in [0.4, 0.5) is 0 Å². The van der Waals surface area contributed by atoms with Crippen molar-refractivity contribution in [3.8, 4) is 0 Å². The summed E-state index contributed by atoms with van der Waals surface area (Å²) in [7, 11) is 0. The van der Waals surface area contributed by atoms with Gasteiger partial charge in [-0.15, -0.1) is 11.3 Å². The first-order valence-electron chi connectivity index (χ1n) is 7.29. The van der Waals surface area contributed by atoms with Crippen LogP contribution in [-0.4, -0.2) is 24.7 Å². The van der Waals surface area contributed by atoms with Gasteiger partial charge in [-0.3, -0.25) is 18.4 Å². The molecular formula is C16H13N5O2S. The Morgan fingerprint density at radius 3 is 3.04 bits per heavy atom. The fourth-order valence-corrected chi connectivity index (χ4v) is 3.18. The zero-order valence-electron chi connectivity index (χ0n) is 12.8. The molecule has 24 heavy (non-hydrogen) atoms. The molecule has 0 radical (unpaired) electrons. The monoisotopic (exact) mass is 339 g/mol. The highest BCUT2D eigenvalue weighted by Gasteiger charge is 2.14. The highest BCUT2D eigenvalue weighted by Crippen LogP contribution is 2.11. The van der Waals surface area contributed by atoms with E-state index in [1.165, 1.54) is 21.9 Å². The van der Waals surface area contributed by atoms with Crippen molar-refractivity contribution < 1.29 is 4.79 Å². The number of aryl methyl sites for hydroxylation is 1. The Morgan fingerprint density at radius 1 is 1.33 bits per heavy atom. The average Bonchev–Trinajstić information content (AvgIpc) is 3.15. The van der Waals surface area contributed by atoms with Crippen molar-refractivity contribution in [2.75, 3.05) is 0 Å². The first-order chi connectivity index (χ1) is 11.6. The van der Waals surface area contributed by atoms with Crippen LogP contribution in [0.15, 0.2) is 47.1 Å². The molecule has 1 amide bonds. The minimum Gasteiger partial charge on any atom is -0.346 e. The Balaban J connectivity index is 1.59. The van der Waals surface area contributed by atoms with Crippen molar-refractivity contribution in [2.24, 2.45) is 0 Å². The van der Waals surface area contributed by atoms with Crippen LogP contribution in [0.3, 0.4) is 0 Å². The summed E-state index contributed by atoms with van der Waals surface area (Å²) in [5, 5.41) is 4.66. The molecule has 4 aromatic heterocycles. The van der Waals surface area contributed by atoms with Crippen LogP contribution >= 0.6 is 11.3 Å². The van der Waals surface area contributed by atoms with Crippen molar-refractivity contribution >= 4 is 27.9 Å². The number of hydrogen-bond donors (Lipinski definition) is 1. The first kappa shape index (κ1) is 14.6. The second kappa shape index (κ2) is 5.57. The topological polar surface area (TPSA) is 80.8 Å². The maximum atomic E-state index is 12.5. The number of pyridine rings is 1. The number of carbonyl (C=O) groups is 1. The molecular weight excluding hydrogens is 326 g/mol. The molecule has 4 heterocycles. The highest BCUT2D eigenvalue weighted by atomic mass is 32.1. The molecule has 0 unspecified atom stereocenters. The number of carbonyl (C=O) groups excluding carboxylic acids is 1. The van der Waals surface area contributed by atoms with Gasteiger partial charge in [0.05, 0.1) is 12.2 Å². The Labute approximate surface area is 140 Å². The van der Waals surface area contributed by atoms with E-state index >= 15 is 0 Å². The highest BCUT2D eigenvalue weighted by molar-refractivity contribution is 7.15. The van der Waals surface area contributed by atoms with Crippen LogP contribution in [0.1, 0.15) is 21.6 Å². The first-order valence-corrected chi connectivity index (χ1v) is 8.17. The number of imidazole rings is 1. The summed E-state index contributed by atoms with van der Waals surface area (Å²) >= 11 is 1.52. The van der Waals surface area contributed by atoms with Crippen LogP contribution in [0.25, 0.3) is 10.6 Å². The standard InChI is InChI=1S/C16H13N5O2S/c1-10-2-3-13-17-7-12(15(23)21(13)8-10)14(22)18-6-11-9-20-4-5-24-16(20)19-11/h2-5,7-9H,6H2,1H3,(H,18,22). The van der Waals surface area contributed by atoms with Crippen LogP contribution in [0.5, 0.6) is 0 Å². The molecule has 0 saturated carbocycles. The zero-order valence-corrected chi connectivity index (χ0v) is 13.6. The third-order valence-electron chi connectivity index (χ3n) is 3.67. The van der Waals surface area contributed by atoms with Crippen LogP contribution < -0.4 is 10.9 Å². The quantitative estimate of drug-likeness (QED) is 0.615. The molecule has 0 fully saturated rings. The summed E-state index contributed by atoms with van der Waals surface area (Å²) in [6.07, 6.45) is 6.74. The fourth-order valence-electron chi connectivity index (χ4n) is 2.47. The molecule has 0 aromatic carbocycles. The van der Waals surface area contributed by atoms with E-state index < -0.39 is 5.91 Å². The van der Waals surface area contributed by atoms with Gasteiger partial charge >= 0.3 is 0 Å². The van der Waals surface area contributed by atoms with Crippen LogP contribution in [-0.2, 0) is 6.54 Å². The average molecular weight is 339 g/mol. The number of aromatic nitrogens is 4. The summed E-state index contributed by atoms with van der Waals surface area (Å²) in [6, 6.07) is 3.61. The molecule has 7 nitrogen and oxygen atoms in total. The zero-order chi connectivity index (χ0) is 16.7. The van der Waals surface area contributed by atoms with E-state index in [2.05, 4.69) is 15.3 Å². The van der Waals surface area contributed by atoms with Gasteiger partial charge in [-0.25, -0.2) is 9.97 Å². The van der Waals surface area contributed by atoms with E-state index in [0.29, 0.717) is 5.65 Å². The molecule has 4 rings (SSSR count). The number of amides is 1. The van der Waals surface area contributed by atoms with Gasteiger partial charge in [0.25, 0.3) is 11.5 Å². The molecule has 8 heteroatoms. The summed E-state index contributed by atoms with van der Waals surface area (Å²) in [4.78, 5) is 34.2. The van der Waals surface area contributed by atoms with Gasteiger partial charge in [0, 0.05) is 30.2 Å². The van der Waals surface area contributed by atoms with Crippen molar-refractivity contribution in [3.63, 3.8) is 0 Å². The molecule has 4 aromatic rings. The molecule has 120 valence electrons. The Bertz CT molecular complexity index is 1100. The fraction of sp³-hybridized carbons (Fsp3) is 0.125. The lowest BCUT2D eigenvalue weighted by Gasteiger charge is -2.05. The van der Waals surface area contributed by atoms with Crippen molar-refractivity contribution in [3.05, 3.63) is 69.5 Å². The molecule has 0 spiro atoms. The van der Waals surface area contributed by atoms with E-state index in [0.717, 1.165) is 16.2 Å². The lowest BCUT2D eigenvalue weighted by Crippen LogP contribution is -2.31. The van der Waals surface area contributed by atoms with Crippen molar-refractivity contribution in [1.29, 1.82) is 0 Å². The number of rotatable bonds is 3. The molecule has 0 atom stereocenters. The van der Waals surface area contributed by atoms with Gasteiger partial charge < -0.3 is 5.32 Å². The maximum absolute atomic E-state index is 12.5. The molecule has 0 bridgehead atoms. The van der Waals surface area contributed by atoms with Gasteiger partial charge in [0.15, 0.2) is 4.96 Å². The summed E-state index contributed by atoms with van der Waals surface area (Å²) in [5.41, 5.74) is 1.80. The van der Waals surface area contributed by atoms with Crippen molar-refractivity contribution in [1.82, 2.24) is 24.1 Å². The number of hydrogen-bond acceptors (Lipinski definition) is 5. The normalized spacial score (nSPS) is 11.2. The lowest BCUT2D eigenvalue weighted by molar-refractivity contribution is 0.0948. The minimum absolute atomic E-state index is 0.0131. The van der Waals surface area contributed by atoms with E-state index in [4.69, 9.17) is 0 Å². The predicted molar refractivity (Wildman–Crippen MR) is 90.4 cm³/mol. The van der Waals surface area contributed by atoms with Crippen LogP contribution in [0, 0.1) is 6.92 Å². The van der Waals surface area contributed by atoms with Gasteiger partial charge in [0.1, 0.15) is 11.2 Å². The van der Waals surface area contributed by atoms with Crippen molar-refractivity contribution in [2.45, 2.75) is 13.5 Å². The molecule has 1 N–H and O–H groups in total. The minimum atomic E-state index is -0.459. The number of nitrogens with one attached hydrogen (secondary N) is 1. The maximum Gasteiger partial charge on any atom is 0.270 e. The summed E-state index contributed by atoms with van der Waals surface area (Å²) < 4.78 is 3.28. The second-order valence-corrected chi connectivity index (χ2v) is 6.29. The number of nitrogens with zero attached hydrogens (tertiary/aromatic N) is 4. The van der Waals surface area contributed by atoms with E-state index in [1.54, 1.807) is 12.3 Å². The largest absolute Gasteiger partial charge is 0.346 e. The predicted octanol–water partition coefficient (Wildman–Crippen LogP) is 1.64. The Kier molecular flexibility index (Phi) is 3.39. The number of fused-ring (bicyclic) bond motifs is 2.